The van der Waals surface area contributed by atoms with Crippen LogP contribution in [0.5, 0.6) is 0 Å². The molecule has 0 aliphatic rings. The molecule has 29 heavy (non-hydrogen) atoms. The van der Waals surface area contributed by atoms with Gasteiger partial charge < -0.3 is 9.73 Å². The number of nitro groups is 1. The summed E-state index contributed by atoms with van der Waals surface area (Å²) in [6.45, 7) is 4.02. The van der Waals surface area contributed by atoms with Crippen molar-refractivity contribution < 1.29 is 14.1 Å². The van der Waals surface area contributed by atoms with Crippen LogP contribution in [0.15, 0.2) is 65.1 Å². The predicted molar refractivity (Wildman–Crippen MR) is 110 cm³/mol. The molecule has 0 bridgehead atoms. The van der Waals surface area contributed by atoms with Crippen LogP contribution in [-0.2, 0) is 0 Å². The highest BCUT2D eigenvalue weighted by Gasteiger charge is 2.19. The number of fused-ring (bicyclic) bond motifs is 1. The average Bonchev–Trinajstić information content (AvgIpc) is 3.10. The van der Waals surface area contributed by atoms with Gasteiger partial charge in [0.15, 0.2) is 5.58 Å². The first kappa shape index (κ1) is 18.4. The Kier molecular flexibility index (Phi) is 4.56. The summed E-state index contributed by atoms with van der Waals surface area (Å²) in [4.78, 5) is 27.6. The van der Waals surface area contributed by atoms with Crippen LogP contribution in [0.3, 0.4) is 0 Å². The van der Waals surface area contributed by atoms with Crippen molar-refractivity contribution in [3.8, 4) is 11.5 Å². The van der Waals surface area contributed by atoms with E-state index in [1.807, 2.05) is 26.0 Å². The van der Waals surface area contributed by atoms with Crippen molar-refractivity contribution in [1.29, 1.82) is 0 Å². The number of rotatable bonds is 4. The van der Waals surface area contributed by atoms with E-state index in [-0.39, 0.29) is 11.3 Å². The van der Waals surface area contributed by atoms with Crippen LogP contribution in [0.2, 0.25) is 0 Å². The average molecular weight is 387 g/mol. The number of nitrogens with one attached hydrogen (secondary N) is 1. The molecule has 1 heterocycles. The van der Waals surface area contributed by atoms with Crippen molar-refractivity contribution >= 4 is 28.4 Å². The molecule has 0 saturated heterocycles. The number of nitro benzene ring substituents is 1. The van der Waals surface area contributed by atoms with E-state index in [2.05, 4.69) is 16.4 Å². The number of para-hydroxylation sites is 1. The summed E-state index contributed by atoms with van der Waals surface area (Å²) < 4.78 is 5.85. The number of carbonyl (C=O) groups excluding carboxylic acids is 1. The molecule has 0 atom stereocenters. The lowest BCUT2D eigenvalue weighted by Crippen LogP contribution is -2.13. The fraction of sp³-hybridized carbons (Fsp3) is 0.0909. The molecule has 7 heteroatoms. The van der Waals surface area contributed by atoms with Crippen LogP contribution >= 0.6 is 0 Å². The second-order valence-corrected chi connectivity index (χ2v) is 6.81. The van der Waals surface area contributed by atoms with Crippen LogP contribution in [0.4, 0.5) is 11.4 Å². The number of anilines is 1. The van der Waals surface area contributed by atoms with Gasteiger partial charge in [-0.1, -0.05) is 29.3 Å². The fourth-order valence-electron chi connectivity index (χ4n) is 3.25. The number of amides is 1. The van der Waals surface area contributed by atoms with E-state index in [1.54, 1.807) is 24.3 Å². The van der Waals surface area contributed by atoms with E-state index in [4.69, 9.17) is 4.42 Å². The molecule has 0 aliphatic carbocycles. The molecule has 1 aromatic heterocycles. The van der Waals surface area contributed by atoms with Gasteiger partial charge in [-0.2, -0.15) is 0 Å². The highest BCUT2D eigenvalue weighted by atomic mass is 16.6. The Balaban J connectivity index is 1.65. The van der Waals surface area contributed by atoms with Gasteiger partial charge >= 0.3 is 0 Å². The fourth-order valence-corrected chi connectivity index (χ4v) is 3.25. The first-order valence-electron chi connectivity index (χ1n) is 8.95. The molecule has 0 radical (unpaired) electrons. The molecule has 1 amide bonds. The zero-order valence-electron chi connectivity index (χ0n) is 15.8. The third-order valence-corrected chi connectivity index (χ3v) is 4.46. The number of oxazole rings is 1. The van der Waals surface area contributed by atoms with Crippen molar-refractivity contribution in [2.45, 2.75) is 13.8 Å². The topological polar surface area (TPSA) is 98.3 Å². The highest BCUT2D eigenvalue weighted by molar-refractivity contribution is 6.07. The molecule has 0 saturated carbocycles. The van der Waals surface area contributed by atoms with Crippen LogP contribution in [0.1, 0.15) is 21.5 Å². The van der Waals surface area contributed by atoms with Crippen molar-refractivity contribution in [3.63, 3.8) is 0 Å². The van der Waals surface area contributed by atoms with E-state index >= 15 is 0 Å². The standard InChI is InChI=1S/C22H17N3O4/c1-13-9-14(2)11-15(10-13)22-24-18-12-16(7-8-20(18)29-22)23-21(26)17-5-3-4-6-19(17)25(27)28/h3-12H,1-2H3,(H,23,26). The largest absolute Gasteiger partial charge is 0.436 e. The van der Waals surface area contributed by atoms with Crippen LogP contribution < -0.4 is 5.32 Å². The Labute approximate surface area is 166 Å². The summed E-state index contributed by atoms with van der Waals surface area (Å²) in [5, 5.41) is 13.8. The molecule has 1 N–H and O–H groups in total. The summed E-state index contributed by atoms with van der Waals surface area (Å²) in [6.07, 6.45) is 0. The summed E-state index contributed by atoms with van der Waals surface area (Å²) in [5.74, 6) is -0.0661. The Morgan fingerprint density at radius 3 is 2.48 bits per heavy atom. The first-order chi connectivity index (χ1) is 13.9. The third-order valence-electron chi connectivity index (χ3n) is 4.46. The van der Waals surface area contributed by atoms with Crippen LogP contribution in [-0.4, -0.2) is 15.8 Å². The van der Waals surface area contributed by atoms with Gasteiger partial charge in [0, 0.05) is 17.3 Å². The number of carbonyl (C=O) groups is 1. The lowest BCUT2D eigenvalue weighted by molar-refractivity contribution is -0.385. The predicted octanol–water partition coefficient (Wildman–Crippen LogP) is 5.27. The molecule has 144 valence electrons. The minimum Gasteiger partial charge on any atom is -0.436 e. The summed E-state index contributed by atoms with van der Waals surface area (Å²) in [6, 6.07) is 16.9. The molecule has 4 aromatic rings. The Bertz CT molecular complexity index is 1240. The van der Waals surface area contributed by atoms with Crippen molar-refractivity contribution in [2.75, 3.05) is 5.32 Å². The summed E-state index contributed by atoms with van der Waals surface area (Å²) >= 11 is 0. The maximum absolute atomic E-state index is 12.5. The quantitative estimate of drug-likeness (QED) is 0.380. The smallest absolute Gasteiger partial charge is 0.282 e. The van der Waals surface area contributed by atoms with Gasteiger partial charge in [-0.3, -0.25) is 14.9 Å². The SMILES string of the molecule is Cc1cc(C)cc(-c2nc3cc(NC(=O)c4ccccc4[N+](=O)[O-])ccc3o2)c1. The molecule has 0 fully saturated rings. The molecule has 3 aromatic carbocycles. The third kappa shape index (κ3) is 3.70. The molecule has 0 unspecified atom stereocenters. The Morgan fingerprint density at radius 1 is 1.03 bits per heavy atom. The second-order valence-electron chi connectivity index (χ2n) is 6.81. The van der Waals surface area contributed by atoms with E-state index in [1.165, 1.54) is 18.2 Å². The van der Waals surface area contributed by atoms with Gasteiger partial charge in [0.25, 0.3) is 11.6 Å². The number of nitrogens with zero attached hydrogens (tertiary/aromatic N) is 2. The lowest BCUT2D eigenvalue weighted by atomic mass is 10.1. The molecule has 0 spiro atoms. The molecule has 0 aliphatic heterocycles. The van der Waals surface area contributed by atoms with Gasteiger partial charge in [-0.15, -0.1) is 0 Å². The van der Waals surface area contributed by atoms with Gasteiger partial charge in [0.05, 0.1) is 4.92 Å². The van der Waals surface area contributed by atoms with Crippen LogP contribution in [0, 0.1) is 24.0 Å². The molecular weight excluding hydrogens is 370 g/mol. The zero-order valence-corrected chi connectivity index (χ0v) is 15.8. The summed E-state index contributed by atoms with van der Waals surface area (Å²) in [7, 11) is 0. The number of hydrogen-bond donors (Lipinski definition) is 1. The van der Waals surface area contributed by atoms with E-state index in [0.717, 1.165) is 16.7 Å². The minimum absolute atomic E-state index is 0.00586. The lowest BCUT2D eigenvalue weighted by Gasteiger charge is -2.05. The highest BCUT2D eigenvalue weighted by Crippen LogP contribution is 2.28. The zero-order chi connectivity index (χ0) is 20.5. The number of aromatic nitrogens is 1. The van der Waals surface area contributed by atoms with Gasteiger partial charge in [-0.25, -0.2) is 4.98 Å². The van der Waals surface area contributed by atoms with Crippen LogP contribution in [0.25, 0.3) is 22.6 Å². The van der Waals surface area contributed by atoms with E-state index < -0.39 is 10.8 Å². The van der Waals surface area contributed by atoms with E-state index in [0.29, 0.717) is 22.7 Å². The maximum atomic E-state index is 12.5. The number of benzene rings is 3. The molecular formula is C22H17N3O4. The van der Waals surface area contributed by atoms with Crippen molar-refractivity contribution in [3.05, 3.63) is 87.5 Å². The summed E-state index contributed by atoms with van der Waals surface area (Å²) in [5.41, 5.74) is 4.49. The van der Waals surface area contributed by atoms with Gasteiger partial charge in [-0.05, 0) is 50.2 Å². The molecule has 7 nitrogen and oxygen atoms in total. The van der Waals surface area contributed by atoms with Gasteiger partial charge in [0.1, 0.15) is 11.1 Å². The van der Waals surface area contributed by atoms with E-state index in [9.17, 15) is 14.9 Å². The monoisotopic (exact) mass is 387 g/mol. The van der Waals surface area contributed by atoms with Gasteiger partial charge in [0.2, 0.25) is 5.89 Å². The second kappa shape index (κ2) is 7.20. The number of aryl methyl sites for hydroxylation is 2. The Hall–Kier alpha value is -4.00. The molecule has 4 rings (SSSR count). The Morgan fingerprint density at radius 2 is 1.76 bits per heavy atom. The van der Waals surface area contributed by atoms with Crippen molar-refractivity contribution in [2.24, 2.45) is 0 Å². The maximum Gasteiger partial charge on any atom is 0.282 e. The first-order valence-corrected chi connectivity index (χ1v) is 8.95. The number of hydrogen-bond acceptors (Lipinski definition) is 5. The van der Waals surface area contributed by atoms with Crippen molar-refractivity contribution in [1.82, 2.24) is 4.98 Å². The minimum atomic E-state index is -0.578. The normalized spacial score (nSPS) is 10.8.